The molecule has 0 saturated carbocycles. The zero-order chi connectivity index (χ0) is 17.5. The molecular weight excluding hydrogens is 335 g/mol. The van der Waals surface area contributed by atoms with Crippen LogP contribution in [0.4, 0.5) is 10.2 Å². The molecule has 8 heteroatoms. The minimum absolute atomic E-state index is 0.393. The molecule has 0 amide bonds. The van der Waals surface area contributed by atoms with E-state index in [1.807, 2.05) is 22.0 Å². The fraction of sp³-hybridized carbons (Fsp3) is 0.500. The Morgan fingerprint density at radius 3 is 2.85 bits per heavy atom. The normalized spacial score (nSPS) is 21.7. The zero-order valence-corrected chi connectivity index (χ0v) is 14.4. The molecule has 5 rings (SSSR count). The van der Waals surface area contributed by atoms with Crippen molar-refractivity contribution in [2.45, 2.75) is 31.5 Å². The number of aromatic amines is 1. The number of ether oxygens (including phenoxy) is 1. The van der Waals surface area contributed by atoms with Crippen LogP contribution in [0.1, 0.15) is 25.3 Å². The number of anilines is 1. The van der Waals surface area contributed by atoms with Crippen molar-refractivity contribution in [2.24, 2.45) is 0 Å². The molecule has 2 aliphatic heterocycles. The van der Waals surface area contributed by atoms with E-state index in [-0.39, 0.29) is 0 Å². The molecule has 0 aliphatic carbocycles. The van der Waals surface area contributed by atoms with Crippen LogP contribution in [0.3, 0.4) is 0 Å². The van der Waals surface area contributed by atoms with Gasteiger partial charge in [-0.2, -0.15) is 10.2 Å². The molecule has 26 heavy (non-hydrogen) atoms. The number of aromatic nitrogens is 5. The molecule has 0 bridgehead atoms. The predicted molar refractivity (Wildman–Crippen MR) is 95.9 cm³/mol. The van der Waals surface area contributed by atoms with Gasteiger partial charge in [0.1, 0.15) is 6.17 Å². The molecule has 0 spiro atoms. The van der Waals surface area contributed by atoms with Crippen LogP contribution < -0.4 is 4.90 Å². The molecule has 0 aromatic carbocycles. The van der Waals surface area contributed by atoms with Gasteiger partial charge in [0.15, 0.2) is 11.5 Å². The van der Waals surface area contributed by atoms with E-state index in [2.05, 4.69) is 32.5 Å². The van der Waals surface area contributed by atoms with Crippen LogP contribution in [0, 0.1) is 0 Å². The van der Waals surface area contributed by atoms with Gasteiger partial charge in [-0.1, -0.05) is 0 Å². The monoisotopic (exact) mass is 356 g/mol. The highest BCUT2D eigenvalue weighted by molar-refractivity contribution is 5.90. The molecule has 3 aromatic heterocycles. The summed E-state index contributed by atoms with van der Waals surface area (Å²) in [6.07, 6.45) is 7.54. The minimum atomic E-state index is -0.782. The number of halogens is 1. The summed E-state index contributed by atoms with van der Waals surface area (Å²) in [5, 5.41) is 12.8. The zero-order valence-electron chi connectivity index (χ0n) is 14.4. The van der Waals surface area contributed by atoms with Crippen molar-refractivity contribution in [3.63, 3.8) is 0 Å². The largest absolute Gasteiger partial charge is 0.381 e. The lowest BCUT2D eigenvalue weighted by Crippen LogP contribution is -2.20. The second kappa shape index (κ2) is 6.35. The first-order chi connectivity index (χ1) is 12.8. The highest BCUT2D eigenvalue weighted by Crippen LogP contribution is 2.31. The third-order valence-electron chi connectivity index (χ3n) is 5.33. The van der Waals surface area contributed by atoms with E-state index >= 15 is 0 Å². The highest BCUT2D eigenvalue weighted by atomic mass is 19.1. The SMILES string of the molecule is F[C@H]1CCN(c2n[nH]c3ncc(-c4cnn(C5CCOCC5)c4)cc23)C1. The average molecular weight is 356 g/mol. The molecule has 2 aliphatic rings. The molecular formula is C18H21FN6O. The van der Waals surface area contributed by atoms with Gasteiger partial charge in [0, 0.05) is 43.3 Å². The predicted octanol–water partition coefficient (Wildman–Crippen LogP) is 2.72. The van der Waals surface area contributed by atoms with Gasteiger partial charge in [-0.05, 0) is 25.3 Å². The third-order valence-corrected chi connectivity index (χ3v) is 5.33. The Labute approximate surface area is 150 Å². The topological polar surface area (TPSA) is 71.9 Å². The molecule has 0 unspecified atom stereocenters. The molecule has 5 heterocycles. The summed E-state index contributed by atoms with van der Waals surface area (Å²) in [5.74, 6) is 0.784. The Kier molecular flexibility index (Phi) is 3.85. The van der Waals surface area contributed by atoms with Crippen molar-refractivity contribution in [3.05, 3.63) is 24.7 Å². The second-order valence-corrected chi connectivity index (χ2v) is 7.05. The van der Waals surface area contributed by atoms with E-state index in [0.717, 1.165) is 54.0 Å². The maximum absolute atomic E-state index is 13.6. The maximum atomic E-state index is 13.6. The number of rotatable bonds is 3. The van der Waals surface area contributed by atoms with Crippen molar-refractivity contribution in [2.75, 3.05) is 31.2 Å². The minimum Gasteiger partial charge on any atom is -0.381 e. The first-order valence-corrected chi connectivity index (χ1v) is 9.13. The number of alkyl halides is 1. The molecule has 1 atom stereocenters. The first-order valence-electron chi connectivity index (χ1n) is 9.13. The Balaban J connectivity index is 1.46. The summed E-state index contributed by atoms with van der Waals surface area (Å²) in [5.41, 5.74) is 2.75. The Bertz CT molecular complexity index is 915. The van der Waals surface area contributed by atoms with Gasteiger partial charge in [-0.3, -0.25) is 9.78 Å². The van der Waals surface area contributed by atoms with Crippen LogP contribution in [-0.4, -0.2) is 57.4 Å². The highest BCUT2D eigenvalue weighted by Gasteiger charge is 2.25. The van der Waals surface area contributed by atoms with Crippen molar-refractivity contribution >= 4 is 16.9 Å². The summed E-state index contributed by atoms with van der Waals surface area (Å²) < 4.78 is 21.0. The standard InChI is InChI=1S/C18H21FN6O/c19-14-1-4-24(11-14)18-16-7-12(8-20-17(16)22-23-18)13-9-21-25(10-13)15-2-5-26-6-3-15/h7-10,14-15H,1-6,11H2,(H,20,22,23)/t14-/m0/s1. The Hall–Kier alpha value is -2.48. The van der Waals surface area contributed by atoms with E-state index < -0.39 is 6.17 Å². The summed E-state index contributed by atoms with van der Waals surface area (Å²) in [4.78, 5) is 6.48. The molecule has 2 saturated heterocycles. The van der Waals surface area contributed by atoms with Gasteiger partial charge in [0.05, 0.1) is 24.2 Å². The lowest BCUT2D eigenvalue weighted by Gasteiger charge is -2.22. The number of nitrogens with zero attached hydrogens (tertiary/aromatic N) is 5. The first kappa shape index (κ1) is 15.7. The van der Waals surface area contributed by atoms with Crippen molar-refractivity contribution in [1.82, 2.24) is 25.0 Å². The number of nitrogens with one attached hydrogen (secondary N) is 1. The van der Waals surface area contributed by atoms with Gasteiger partial charge >= 0.3 is 0 Å². The summed E-state index contributed by atoms with van der Waals surface area (Å²) >= 11 is 0. The van der Waals surface area contributed by atoms with Gasteiger partial charge in [-0.15, -0.1) is 0 Å². The van der Waals surface area contributed by atoms with E-state index in [0.29, 0.717) is 25.6 Å². The Morgan fingerprint density at radius 2 is 2.04 bits per heavy atom. The fourth-order valence-corrected chi connectivity index (χ4v) is 3.84. The number of pyridine rings is 1. The van der Waals surface area contributed by atoms with Crippen LogP contribution in [0.5, 0.6) is 0 Å². The fourth-order valence-electron chi connectivity index (χ4n) is 3.84. The molecule has 136 valence electrons. The van der Waals surface area contributed by atoms with E-state index in [1.54, 1.807) is 0 Å². The van der Waals surface area contributed by atoms with Gasteiger partial charge < -0.3 is 9.64 Å². The van der Waals surface area contributed by atoms with E-state index in [1.165, 1.54) is 0 Å². The Morgan fingerprint density at radius 1 is 1.15 bits per heavy atom. The average Bonchev–Trinajstić information content (AvgIpc) is 3.41. The molecule has 3 aromatic rings. The molecule has 2 fully saturated rings. The smallest absolute Gasteiger partial charge is 0.160 e. The molecule has 0 radical (unpaired) electrons. The van der Waals surface area contributed by atoms with Crippen molar-refractivity contribution in [1.29, 1.82) is 0 Å². The number of hydrogen-bond acceptors (Lipinski definition) is 5. The maximum Gasteiger partial charge on any atom is 0.160 e. The lowest BCUT2D eigenvalue weighted by atomic mass is 10.1. The van der Waals surface area contributed by atoms with E-state index in [9.17, 15) is 4.39 Å². The molecule has 1 N–H and O–H groups in total. The summed E-state index contributed by atoms with van der Waals surface area (Å²) in [6.45, 7) is 2.66. The van der Waals surface area contributed by atoms with Gasteiger partial charge in [-0.25, -0.2) is 9.37 Å². The third kappa shape index (κ3) is 2.74. The van der Waals surface area contributed by atoms with Gasteiger partial charge in [0.25, 0.3) is 0 Å². The van der Waals surface area contributed by atoms with Gasteiger partial charge in [0.2, 0.25) is 0 Å². The number of hydrogen-bond donors (Lipinski definition) is 1. The van der Waals surface area contributed by atoms with Crippen LogP contribution >= 0.6 is 0 Å². The van der Waals surface area contributed by atoms with Crippen LogP contribution in [0.2, 0.25) is 0 Å². The van der Waals surface area contributed by atoms with E-state index in [4.69, 9.17) is 4.74 Å². The summed E-state index contributed by atoms with van der Waals surface area (Å²) in [6, 6.07) is 2.46. The molecule has 7 nitrogen and oxygen atoms in total. The van der Waals surface area contributed by atoms with Crippen LogP contribution in [0.15, 0.2) is 24.7 Å². The number of H-pyrrole nitrogens is 1. The van der Waals surface area contributed by atoms with Crippen LogP contribution in [0.25, 0.3) is 22.2 Å². The quantitative estimate of drug-likeness (QED) is 0.781. The summed E-state index contributed by atoms with van der Waals surface area (Å²) in [7, 11) is 0. The van der Waals surface area contributed by atoms with Crippen molar-refractivity contribution < 1.29 is 9.13 Å². The lowest BCUT2D eigenvalue weighted by molar-refractivity contribution is 0.0662. The number of fused-ring (bicyclic) bond motifs is 1. The second-order valence-electron chi connectivity index (χ2n) is 7.05. The van der Waals surface area contributed by atoms with Crippen LogP contribution in [-0.2, 0) is 4.74 Å². The van der Waals surface area contributed by atoms with Crippen molar-refractivity contribution in [3.8, 4) is 11.1 Å².